The summed E-state index contributed by atoms with van der Waals surface area (Å²) in [6.45, 7) is 0.692. The zero-order valence-corrected chi connectivity index (χ0v) is 12.6. The van der Waals surface area contributed by atoms with Gasteiger partial charge in [0.15, 0.2) is 0 Å². The second kappa shape index (κ2) is 4.93. The summed E-state index contributed by atoms with van der Waals surface area (Å²) in [7, 11) is 0. The zero-order valence-electron chi connectivity index (χ0n) is 11.0. The number of thiophene rings is 1. The van der Waals surface area contributed by atoms with E-state index in [9.17, 15) is 4.79 Å². The molecule has 0 atom stereocenters. The summed E-state index contributed by atoms with van der Waals surface area (Å²) in [6.07, 6.45) is 2.01. The van der Waals surface area contributed by atoms with E-state index < -0.39 is 0 Å². The second-order valence-electron chi connectivity index (χ2n) is 5.08. The van der Waals surface area contributed by atoms with Crippen LogP contribution >= 0.6 is 23.1 Å². The molecule has 102 valence electrons. The molecule has 1 aromatic heterocycles. The number of para-hydroxylation sites is 1. The molecule has 0 spiro atoms. The summed E-state index contributed by atoms with van der Waals surface area (Å²) in [6, 6.07) is 7.99. The highest BCUT2D eigenvalue weighted by Gasteiger charge is 2.24. The van der Waals surface area contributed by atoms with E-state index in [1.54, 1.807) is 11.3 Å². The number of carbonyl (C=O) groups is 1. The number of hydrogen-bond acceptors (Lipinski definition) is 4. The molecule has 0 bridgehead atoms. The molecule has 2 aliphatic rings. The van der Waals surface area contributed by atoms with Crippen LogP contribution in [-0.4, -0.2) is 18.1 Å². The Balaban J connectivity index is 1.74. The number of thioether (sulfide) groups is 1. The van der Waals surface area contributed by atoms with E-state index in [0.717, 1.165) is 40.3 Å². The highest BCUT2D eigenvalue weighted by Crippen LogP contribution is 2.36. The Bertz CT molecular complexity index is 664. The molecule has 0 N–H and O–H groups in total. The Morgan fingerprint density at radius 1 is 1.20 bits per heavy atom. The van der Waals surface area contributed by atoms with Gasteiger partial charge in [0, 0.05) is 17.1 Å². The van der Waals surface area contributed by atoms with Crippen molar-refractivity contribution >= 4 is 28.9 Å². The van der Waals surface area contributed by atoms with Gasteiger partial charge in [0.25, 0.3) is 0 Å². The van der Waals surface area contributed by atoms with E-state index >= 15 is 0 Å². The van der Waals surface area contributed by atoms with Gasteiger partial charge in [-0.1, -0.05) is 12.1 Å². The van der Waals surface area contributed by atoms with Crippen LogP contribution in [-0.2, 0) is 18.6 Å². The first-order valence-corrected chi connectivity index (χ1v) is 8.79. The maximum absolute atomic E-state index is 12.7. The molecule has 1 aromatic carbocycles. The lowest BCUT2D eigenvalue weighted by atomic mass is 10.0. The van der Waals surface area contributed by atoms with Crippen molar-refractivity contribution in [3.63, 3.8) is 0 Å². The van der Waals surface area contributed by atoms with Crippen LogP contribution in [0.15, 0.2) is 24.3 Å². The summed E-state index contributed by atoms with van der Waals surface area (Å²) in [5.41, 5.74) is 3.24. The van der Waals surface area contributed by atoms with Gasteiger partial charge in [-0.15, -0.1) is 11.3 Å². The van der Waals surface area contributed by atoms with Crippen LogP contribution in [0.3, 0.4) is 0 Å². The van der Waals surface area contributed by atoms with Gasteiger partial charge in [-0.3, -0.25) is 4.79 Å². The van der Waals surface area contributed by atoms with Crippen molar-refractivity contribution in [3.05, 3.63) is 50.7 Å². The van der Waals surface area contributed by atoms with Crippen molar-refractivity contribution in [2.24, 2.45) is 0 Å². The Labute approximate surface area is 126 Å². The number of aryl methyl sites for hydroxylation is 1. The molecule has 4 rings (SSSR count). The molecule has 2 aromatic rings. The second-order valence-corrected chi connectivity index (χ2v) is 7.32. The van der Waals surface area contributed by atoms with Crippen LogP contribution in [0.2, 0.25) is 0 Å². The Morgan fingerprint density at radius 3 is 3.05 bits per heavy atom. The lowest BCUT2D eigenvalue weighted by Gasteiger charge is -2.08. The predicted molar refractivity (Wildman–Crippen MR) is 83.3 cm³/mol. The van der Waals surface area contributed by atoms with Gasteiger partial charge in [-0.2, -0.15) is 11.8 Å². The summed E-state index contributed by atoms with van der Waals surface area (Å²) in [5, 5.41) is 0. The smallest absolute Gasteiger partial charge is 0.206 e. The van der Waals surface area contributed by atoms with Gasteiger partial charge in [0.1, 0.15) is 5.75 Å². The molecule has 0 aliphatic carbocycles. The number of benzene rings is 1. The van der Waals surface area contributed by atoms with E-state index in [0.29, 0.717) is 6.61 Å². The molecule has 0 saturated carbocycles. The summed E-state index contributed by atoms with van der Waals surface area (Å²) in [4.78, 5) is 15.0. The predicted octanol–water partition coefficient (Wildman–Crippen LogP) is 3.70. The minimum absolute atomic E-state index is 0.119. The average Bonchev–Trinajstić information content (AvgIpc) is 3.12. The minimum Gasteiger partial charge on any atom is -0.492 e. The van der Waals surface area contributed by atoms with Crippen molar-refractivity contribution in [1.82, 2.24) is 0 Å². The summed E-state index contributed by atoms with van der Waals surface area (Å²) < 4.78 is 5.65. The third kappa shape index (κ3) is 1.98. The molecule has 3 heterocycles. The van der Waals surface area contributed by atoms with Crippen LogP contribution in [0.4, 0.5) is 0 Å². The number of rotatable bonds is 2. The molecule has 0 fully saturated rings. The van der Waals surface area contributed by atoms with Gasteiger partial charge in [0.2, 0.25) is 5.78 Å². The average molecular weight is 302 g/mol. The highest BCUT2D eigenvalue weighted by atomic mass is 32.2. The van der Waals surface area contributed by atoms with Crippen LogP contribution in [0, 0.1) is 0 Å². The Kier molecular flexibility index (Phi) is 3.08. The topological polar surface area (TPSA) is 26.3 Å². The van der Waals surface area contributed by atoms with Crippen molar-refractivity contribution in [2.45, 2.75) is 18.6 Å². The maximum Gasteiger partial charge on any atom is 0.206 e. The quantitative estimate of drug-likeness (QED) is 0.791. The lowest BCUT2D eigenvalue weighted by Crippen LogP contribution is -2.01. The maximum atomic E-state index is 12.7. The Hall–Kier alpha value is -1.26. The summed E-state index contributed by atoms with van der Waals surface area (Å²) in [5.74, 6) is 3.14. The minimum atomic E-state index is 0.119. The molecular formula is C16H14O2S2. The third-order valence-corrected chi connectivity index (χ3v) is 6.05. The fourth-order valence-corrected chi connectivity index (χ4v) is 5.11. The fraction of sp³-hybridized carbons (Fsp3) is 0.312. The van der Waals surface area contributed by atoms with Crippen LogP contribution in [0.5, 0.6) is 5.75 Å². The van der Waals surface area contributed by atoms with Gasteiger partial charge >= 0.3 is 0 Å². The molecule has 2 aliphatic heterocycles. The zero-order chi connectivity index (χ0) is 13.5. The molecule has 0 unspecified atom stereocenters. The van der Waals surface area contributed by atoms with Crippen molar-refractivity contribution in [3.8, 4) is 5.75 Å². The first-order chi connectivity index (χ1) is 9.83. The third-order valence-electron chi connectivity index (χ3n) is 3.81. The van der Waals surface area contributed by atoms with E-state index in [-0.39, 0.29) is 5.78 Å². The normalized spacial score (nSPS) is 16.4. The van der Waals surface area contributed by atoms with Gasteiger partial charge < -0.3 is 4.74 Å². The molecule has 0 saturated heterocycles. The van der Waals surface area contributed by atoms with E-state index in [4.69, 9.17) is 4.74 Å². The SMILES string of the molecule is O=C(c1cc2c(s1)CCSC2)c1cccc2c1OCC2. The van der Waals surface area contributed by atoms with Crippen LogP contribution in [0.25, 0.3) is 0 Å². The van der Waals surface area contributed by atoms with Gasteiger partial charge in [-0.25, -0.2) is 0 Å². The van der Waals surface area contributed by atoms with E-state index in [1.807, 2.05) is 23.9 Å². The standard InChI is InChI=1S/C16H14O2S2/c17-15(12-3-1-2-10-4-6-18-16(10)12)14-8-11-9-19-7-5-13(11)20-14/h1-3,8H,4-7,9H2. The molecule has 0 amide bonds. The number of fused-ring (bicyclic) bond motifs is 2. The van der Waals surface area contributed by atoms with E-state index in [1.165, 1.54) is 16.2 Å². The number of ketones is 1. The lowest BCUT2D eigenvalue weighted by molar-refractivity contribution is 0.103. The van der Waals surface area contributed by atoms with Crippen LogP contribution in [0.1, 0.15) is 31.2 Å². The summed E-state index contributed by atoms with van der Waals surface area (Å²) >= 11 is 3.61. The number of hydrogen-bond donors (Lipinski definition) is 0. The molecule has 20 heavy (non-hydrogen) atoms. The Morgan fingerprint density at radius 2 is 2.15 bits per heavy atom. The van der Waals surface area contributed by atoms with Crippen molar-refractivity contribution in [1.29, 1.82) is 0 Å². The largest absolute Gasteiger partial charge is 0.492 e. The number of ether oxygens (including phenoxy) is 1. The number of carbonyl (C=O) groups excluding carboxylic acids is 1. The van der Waals surface area contributed by atoms with Crippen molar-refractivity contribution < 1.29 is 9.53 Å². The molecular weight excluding hydrogens is 288 g/mol. The highest BCUT2D eigenvalue weighted by molar-refractivity contribution is 7.98. The monoisotopic (exact) mass is 302 g/mol. The fourth-order valence-electron chi connectivity index (χ4n) is 2.79. The van der Waals surface area contributed by atoms with Crippen LogP contribution < -0.4 is 4.74 Å². The van der Waals surface area contributed by atoms with Gasteiger partial charge in [0.05, 0.1) is 17.0 Å². The van der Waals surface area contributed by atoms with Gasteiger partial charge in [-0.05, 0) is 35.4 Å². The van der Waals surface area contributed by atoms with Crippen molar-refractivity contribution in [2.75, 3.05) is 12.4 Å². The first-order valence-electron chi connectivity index (χ1n) is 6.81. The molecule has 0 radical (unpaired) electrons. The first kappa shape index (κ1) is 12.5. The van der Waals surface area contributed by atoms with E-state index in [2.05, 4.69) is 12.1 Å². The molecule has 4 heteroatoms. The molecule has 2 nitrogen and oxygen atoms in total.